The SMILES string of the molecule is Cc1cccc(Cc2nnc(C(=O)C(NC(=O)CN3C[C@@H](c4ccccc4)NCC3=O)C(C)C)o2)c1. The van der Waals surface area contributed by atoms with Crippen LogP contribution in [0.25, 0.3) is 0 Å². The van der Waals surface area contributed by atoms with E-state index in [0.717, 1.165) is 16.7 Å². The van der Waals surface area contributed by atoms with Gasteiger partial charge in [0.25, 0.3) is 5.89 Å². The zero-order valence-electron chi connectivity index (χ0n) is 20.7. The molecular formula is C27H31N5O4. The number of rotatable bonds is 9. The molecule has 3 aromatic rings. The average molecular weight is 490 g/mol. The molecule has 0 bridgehead atoms. The van der Waals surface area contributed by atoms with Crippen molar-refractivity contribution >= 4 is 17.6 Å². The van der Waals surface area contributed by atoms with E-state index in [0.29, 0.717) is 18.9 Å². The third-order valence-electron chi connectivity index (χ3n) is 6.17. The summed E-state index contributed by atoms with van der Waals surface area (Å²) < 4.78 is 5.64. The monoisotopic (exact) mass is 489 g/mol. The zero-order chi connectivity index (χ0) is 25.7. The molecule has 4 rings (SSSR count). The highest BCUT2D eigenvalue weighted by atomic mass is 16.4. The summed E-state index contributed by atoms with van der Waals surface area (Å²) in [4.78, 5) is 40.0. The fraction of sp³-hybridized carbons (Fsp3) is 0.370. The number of nitrogens with zero attached hydrogens (tertiary/aromatic N) is 3. The maximum atomic E-state index is 13.1. The number of hydrogen-bond donors (Lipinski definition) is 2. The van der Waals surface area contributed by atoms with Gasteiger partial charge in [0, 0.05) is 6.54 Å². The molecule has 9 heteroatoms. The molecule has 2 N–H and O–H groups in total. The molecule has 2 atom stereocenters. The Kier molecular flexibility index (Phi) is 7.90. The minimum atomic E-state index is -0.854. The van der Waals surface area contributed by atoms with Crippen molar-refractivity contribution in [1.82, 2.24) is 25.7 Å². The second kappa shape index (κ2) is 11.3. The highest BCUT2D eigenvalue weighted by Crippen LogP contribution is 2.18. The van der Waals surface area contributed by atoms with E-state index in [1.807, 2.05) is 75.4 Å². The fourth-order valence-corrected chi connectivity index (χ4v) is 4.25. The number of ketones is 1. The van der Waals surface area contributed by atoms with Crippen molar-refractivity contribution in [2.45, 2.75) is 39.3 Å². The molecular weight excluding hydrogens is 458 g/mol. The Bertz CT molecular complexity index is 1220. The van der Waals surface area contributed by atoms with Gasteiger partial charge in [-0.1, -0.05) is 74.0 Å². The molecule has 1 aliphatic heterocycles. The van der Waals surface area contributed by atoms with E-state index in [1.165, 1.54) is 4.90 Å². The van der Waals surface area contributed by atoms with Crippen LogP contribution in [0.2, 0.25) is 0 Å². The molecule has 2 heterocycles. The van der Waals surface area contributed by atoms with Crippen LogP contribution in [-0.2, 0) is 16.0 Å². The second-order valence-electron chi connectivity index (χ2n) is 9.44. The smallest absolute Gasteiger partial charge is 0.286 e. The first-order valence-corrected chi connectivity index (χ1v) is 12.1. The van der Waals surface area contributed by atoms with Crippen molar-refractivity contribution in [2.75, 3.05) is 19.6 Å². The van der Waals surface area contributed by atoms with E-state index in [9.17, 15) is 14.4 Å². The third kappa shape index (κ3) is 6.23. The number of benzene rings is 2. The van der Waals surface area contributed by atoms with E-state index in [2.05, 4.69) is 20.8 Å². The summed E-state index contributed by atoms with van der Waals surface area (Å²) >= 11 is 0. The first-order chi connectivity index (χ1) is 17.3. The molecule has 2 aromatic carbocycles. The van der Waals surface area contributed by atoms with Gasteiger partial charge in [0.15, 0.2) is 0 Å². The van der Waals surface area contributed by atoms with Gasteiger partial charge in [0.2, 0.25) is 23.5 Å². The van der Waals surface area contributed by atoms with Gasteiger partial charge in [-0.15, -0.1) is 10.2 Å². The number of hydrogen-bond acceptors (Lipinski definition) is 7. The summed E-state index contributed by atoms with van der Waals surface area (Å²) in [6, 6.07) is 16.8. The van der Waals surface area contributed by atoms with Crippen LogP contribution >= 0.6 is 0 Å². The van der Waals surface area contributed by atoms with Gasteiger partial charge in [-0.3, -0.25) is 19.7 Å². The number of carbonyl (C=O) groups is 3. The summed E-state index contributed by atoms with van der Waals surface area (Å²) in [7, 11) is 0. The Balaban J connectivity index is 1.38. The highest BCUT2D eigenvalue weighted by Gasteiger charge is 2.32. The van der Waals surface area contributed by atoms with Crippen molar-refractivity contribution in [3.8, 4) is 0 Å². The lowest BCUT2D eigenvalue weighted by Crippen LogP contribution is -2.54. The van der Waals surface area contributed by atoms with Crippen molar-refractivity contribution < 1.29 is 18.8 Å². The van der Waals surface area contributed by atoms with Crippen LogP contribution in [0.15, 0.2) is 59.0 Å². The van der Waals surface area contributed by atoms with E-state index < -0.39 is 17.7 Å². The van der Waals surface area contributed by atoms with E-state index >= 15 is 0 Å². The molecule has 0 saturated carbocycles. The summed E-state index contributed by atoms with van der Waals surface area (Å²) in [5.41, 5.74) is 3.16. The number of aryl methyl sites for hydroxylation is 1. The first-order valence-electron chi connectivity index (χ1n) is 12.1. The van der Waals surface area contributed by atoms with Gasteiger partial charge in [-0.25, -0.2) is 0 Å². The molecule has 2 amide bonds. The number of Topliss-reactive ketones (excluding diaryl/α,β-unsaturated/α-hetero) is 1. The first kappa shape index (κ1) is 25.2. The van der Waals surface area contributed by atoms with Crippen LogP contribution in [-0.4, -0.2) is 58.4 Å². The number of carbonyl (C=O) groups excluding carboxylic acids is 3. The van der Waals surface area contributed by atoms with Crippen LogP contribution in [0.4, 0.5) is 0 Å². The van der Waals surface area contributed by atoms with Gasteiger partial charge in [-0.2, -0.15) is 0 Å². The van der Waals surface area contributed by atoms with Crippen LogP contribution in [0, 0.1) is 12.8 Å². The van der Waals surface area contributed by atoms with Crippen molar-refractivity contribution in [2.24, 2.45) is 5.92 Å². The van der Waals surface area contributed by atoms with Gasteiger partial charge in [0.1, 0.15) is 0 Å². The van der Waals surface area contributed by atoms with Crippen LogP contribution < -0.4 is 10.6 Å². The molecule has 1 aromatic heterocycles. The van der Waals surface area contributed by atoms with Crippen molar-refractivity contribution in [3.05, 3.63) is 83.1 Å². The van der Waals surface area contributed by atoms with Crippen LogP contribution in [0.1, 0.15) is 53.2 Å². The summed E-state index contributed by atoms with van der Waals surface area (Å²) in [5, 5.41) is 13.9. The fourth-order valence-electron chi connectivity index (χ4n) is 4.25. The topological polar surface area (TPSA) is 117 Å². The zero-order valence-corrected chi connectivity index (χ0v) is 20.7. The minimum absolute atomic E-state index is 0.0653. The van der Waals surface area contributed by atoms with Gasteiger partial charge in [-0.05, 0) is 24.0 Å². The molecule has 0 radical (unpaired) electrons. The number of piperazine rings is 1. The van der Waals surface area contributed by atoms with Gasteiger partial charge in [0.05, 0.1) is 31.6 Å². The second-order valence-corrected chi connectivity index (χ2v) is 9.44. The Morgan fingerprint density at radius 3 is 2.64 bits per heavy atom. The number of aromatic nitrogens is 2. The van der Waals surface area contributed by atoms with Gasteiger partial charge < -0.3 is 14.6 Å². The Hall–Kier alpha value is -3.85. The van der Waals surface area contributed by atoms with Crippen LogP contribution in [0.3, 0.4) is 0 Å². The quantitative estimate of drug-likeness (QED) is 0.444. The largest absolute Gasteiger partial charge is 0.418 e. The Morgan fingerprint density at radius 1 is 1.14 bits per heavy atom. The molecule has 1 fully saturated rings. The molecule has 1 saturated heterocycles. The summed E-state index contributed by atoms with van der Waals surface area (Å²) in [6.45, 7) is 6.02. The predicted molar refractivity (Wildman–Crippen MR) is 133 cm³/mol. The minimum Gasteiger partial charge on any atom is -0.418 e. The van der Waals surface area contributed by atoms with Gasteiger partial charge >= 0.3 is 0 Å². The standard InChI is InChI=1S/C27H31N5O4/c1-17(2)25(26(35)27-31-30-23(36-27)13-19-9-7-8-18(3)12-19)29-22(33)16-32-15-21(28-14-24(32)34)20-10-5-4-6-11-20/h4-12,17,21,25,28H,13-16H2,1-3H3,(H,29,33)/t21-,25?/m0/s1. The highest BCUT2D eigenvalue weighted by molar-refractivity contribution is 5.99. The van der Waals surface area contributed by atoms with Crippen LogP contribution in [0.5, 0.6) is 0 Å². The Labute approximate surface area is 210 Å². The molecule has 188 valence electrons. The number of nitrogens with one attached hydrogen (secondary N) is 2. The molecule has 1 aliphatic rings. The molecule has 0 aliphatic carbocycles. The predicted octanol–water partition coefficient (Wildman–Crippen LogP) is 2.47. The van der Waals surface area contributed by atoms with E-state index in [4.69, 9.17) is 4.42 Å². The number of amides is 2. The van der Waals surface area contributed by atoms with Crippen molar-refractivity contribution in [3.63, 3.8) is 0 Å². The third-order valence-corrected chi connectivity index (χ3v) is 6.17. The lowest BCUT2D eigenvalue weighted by Gasteiger charge is -2.33. The summed E-state index contributed by atoms with van der Waals surface area (Å²) in [5.74, 6) is -1.05. The van der Waals surface area contributed by atoms with E-state index in [-0.39, 0.29) is 36.8 Å². The normalized spacial score (nSPS) is 16.7. The Morgan fingerprint density at radius 2 is 1.92 bits per heavy atom. The molecule has 0 spiro atoms. The molecule has 36 heavy (non-hydrogen) atoms. The van der Waals surface area contributed by atoms with E-state index in [1.54, 1.807) is 0 Å². The lowest BCUT2D eigenvalue weighted by molar-refractivity contribution is -0.138. The maximum Gasteiger partial charge on any atom is 0.286 e. The molecule has 9 nitrogen and oxygen atoms in total. The lowest BCUT2D eigenvalue weighted by atomic mass is 9.99. The molecule has 1 unspecified atom stereocenters. The maximum absolute atomic E-state index is 13.1. The average Bonchev–Trinajstić information content (AvgIpc) is 3.32. The summed E-state index contributed by atoms with van der Waals surface area (Å²) in [6.07, 6.45) is 0.411. The van der Waals surface area contributed by atoms with Crippen molar-refractivity contribution in [1.29, 1.82) is 0 Å².